The van der Waals surface area contributed by atoms with Gasteiger partial charge in [-0.25, -0.2) is 9.38 Å². The number of aliphatic imine (C=N–C) groups is 1. The van der Waals surface area contributed by atoms with Gasteiger partial charge in [-0.3, -0.25) is 10.1 Å². The van der Waals surface area contributed by atoms with Crippen molar-refractivity contribution in [2.24, 2.45) is 10.9 Å². The van der Waals surface area contributed by atoms with E-state index < -0.39 is 11.7 Å². The van der Waals surface area contributed by atoms with Crippen molar-refractivity contribution in [3.63, 3.8) is 0 Å². The van der Waals surface area contributed by atoms with Gasteiger partial charge in [0.2, 0.25) is 0 Å². The second-order valence-electron chi connectivity index (χ2n) is 5.43. The smallest absolute Gasteiger partial charge is 0.292 e. The lowest BCUT2D eigenvalue weighted by Gasteiger charge is -2.15. The Balaban J connectivity index is 2.76. The third kappa shape index (κ3) is 7.23. The van der Waals surface area contributed by atoms with Crippen LogP contribution in [0.1, 0.15) is 38.1 Å². The van der Waals surface area contributed by atoms with Gasteiger partial charge >= 0.3 is 0 Å². The van der Waals surface area contributed by atoms with Crippen molar-refractivity contribution in [2.45, 2.75) is 33.7 Å². The first kappa shape index (κ1) is 19.1. The Kier molecular flexibility index (Phi) is 8.26. The van der Waals surface area contributed by atoms with Gasteiger partial charge in [0.1, 0.15) is 12.4 Å². The molecule has 1 atom stereocenters. The maximum atomic E-state index is 13.2. The molecule has 128 valence electrons. The molecule has 0 fully saturated rings. The third-order valence-corrected chi connectivity index (χ3v) is 3.26. The number of nitrogens with zero attached hydrogens (tertiary/aromatic N) is 1. The molecule has 23 heavy (non-hydrogen) atoms. The first-order chi connectivity index (χ1) is 10.9. The molecule has 1 rings (SSSR count). The van der Waals surface area contributed by atoms with Crippen molar-refractivity contribution in [2.75, 3.05) is 19.8 Å². The zero-order chi connectivity index (χ0) is 17.2. The number of benzene rings is 1. The lowest BCUT2D eigenvalue weighted by molar-refractivity contribution is 0.0920. The van der Waals surface area contributed by atoms with Gasteiger partial charge in [0.25, 0.3) is 11.9 Å². The highest BCUT2D eigenvalue weighted by Gasteiger charge is 2.13. The van der Waals surface area contributed by atoms with Crippen LogP contribution in [0.25, 0.3) is 0 Å². The van der Waals surface area contributed by atoms with Gasteiger partial charge in [0, 0.05) is 12.2 Å². The summed E-state index contributed by atoms with van der Waals surface area (Å²) in [5, 5.41) is 2.59. The van der Waals surface area contributed by atoms with Crippen LogP contribution in [-0.2, 0) is 9.47 Å². The van der Waals surface area contributed by atoms with Gasteiger partial charge in [0.05, 0.1) is 12.6 Å². The molecule has 1 amide bonds. The minimum Gasteiger partial charge on any atom is -0.463 e. The summed E-state index contributed by atoms with van der Waals surface area (Å²) in [6, 6.07) is 5.56. The molecule has 0 aliphatic carbocycles. The van der Waals surface area contributed by atoms with Gasteiger partial charge in [-0.1, -0.05) is 19.9 Å². The molecule has 0 spiro atoms. The summed E-state index contributed by atoms with van der Waals surface area (Å²) in [7, 11) is 0. The average Bonchev–Trinajstić information content (AvgIpc) is 2.51. The van der Waals surface area contributed by atoms with E-state index in [0.717, 1.165) is 0 Å². The maximum absolute atomic E-state index is 13.2. The number of hydrogen-bond donors (Lipinski definition) is 1. The topological polar surface area (TPSA) is 59.9 Å². The summed E-state index contributed by atoms with van der Waals surface area (Å²) in [6.07, 6.45) is 0. The van der Waals surface area contributed by atoms with Crippen LogP contribution in [0.4, 0.5) is 4.39 Å². The average molecular weight is 324 g/mol. The Morgan fingerprint density at radius 3 is 2.65 bits per heavy atom. The first-order valence-electron chi connectivity index (χ1n) is 7.79. The van der Waals surface area contributed by atoms with E-state index >= 15 is 0 Å². The summed E-state index contributed by atoms with van der Waals surface area (Å²) < 4.78 is 23.9. The van der Waals surface area contributed by atoms with Crippen LogP contribution in [0.5, 0.6) is 0 Å². The molecule has 0 heterocycles. The van der Waals surface area contributed by atoms with Crippen LogP contribution >= 0.6 is 0 Å². The van der Waals surface area contributed by atoms with Crippen molar-refractivity contribution < 1.29 is 18.7 Å². The predicted octanol–water partition coefficient (Wildman–Crippen LogP) is 3.01. The number of halogens is 1. The molecule has 0 unspecified atom stereocenters. The van der Waals surface area contributed by atoms with E-state index in [2.05, 4.69) is 10.3 Å². The molecule has 1 N–H and O–H groups in total. The lowest BCUT2D eigenvalue weighted by Crippen LogP contribution is -2.34. The molecule has 6 heteroatoms. The van der Waals surface area contributed by atoms with Crippen LogP contribution in [0.15, 0.2) is 29.3 Å². The molecule has 0 bridgehead atoms. The minimum absolute atomic E-state index is 0.0232. The molecule has 0 saturated carbocycles. The van der Waals surface area contributed by atoms with Crippen molar-refractivity contribution in [1.82, 2.24) is 5.32 Å². The van der Waals surface area contributed by atoms with Crippen molar-refractivity contribution in [3.05, 3.63) is 35.6 Å². The van der Waals surface area contributed by atoms with E-state index in [0.29, 0.717) is 19.1 Å². The monoisotopic (exact) mass is 324 g/mol. The number of amides is 1. The molecule has 1 aromatic rings. The van der Waals surface area contributed by atoms with Crippen molar-refractivity contribution in [1.29, 1.82) is 0 Å². The zero-order valence-corrected chi connectivity index (χ0v) is 14.1. The number of carbonyl (C=O) groups excluding carboxylic acids is 1. The van der Waals surface area contributed by atoms with E-state index in [1.54, 1.807) is 0 Å². The number of nitrogens with one attached hydrogen (secondary N) is 1. The van der Waals surface area contributed by atoms with Crippen LogP contribution < -0.4 is 5.32 Å². The normalized spacial score (nSPS) is 13.0. The summed E-state index contributed by atoms with van der Waals surface area (Å²) in [5.74, 6) is -0.633. The molecule has 1 aromatic carbocycles. The Morgan fingerprint density at radius 2 is 2.04 bits per heavy atom. The Bertz CT molecular complexity index is 532. The largest absolute Gasteiger partial charge is 0.463 e. The van der Waals surface area contributed by atoms with E-state index in [1.165, 1.54) is 24.3 Å². The molecular weight excluding hydrogens is 299 g/mol. The van der Waals surface area contributed by atoms with Crippen LogP contribution in [0.3, 0.4) is 0 Å². The Hall–Kier alpha value is -1.95. The summed E-state index contributed by atoms with van der Waals surface area (Å²) in [4.78, 5) is 16.6. The second kappa shape index (κ2) is 9.94. The second-order valence-corrected chi connectivity index (χ2v) is 5.43. The fourth-order valence-electron chi connectivity index (χ4n) is 1.58. The van der Waals surface area contributed by atoms with Crippen LogP contribution in [-0.4, -0.2) is 37.8 Å². The van der Waals surface area contributed by atoms with Crippen LogP contribution in [0.2, 0.25) is 0 Å². The predicted molar refractivity (Wildman–Crippen MR) is 88.0 cm³/mol. The summed E-state index contributed by atoms with van der Waals surface area (Å²) in [5.41, 5.74) is 0.211. The number of ether oxygens (including phenoxy) is 2. The van der Waals surface area contributed by atoms with Gasteiger partial charge < -0.3 is 9.47 Å². The molecule has 0 aliphatic heterocycles. The Morgan fingerprint density at radius 1 is 1.30 bits per heavy atom. The van der Waals surface area contributed by atoms with Gasteiger partial charge in [-0.05, 0) is 38.0 Å². The molecule has 0 aromatic heterocycles. The van der Waals surface area contributed by atoms with Crippen molar-refractivity contribution in [3.8, 4) is 0 Å². The number of amidine groups is 1. The molecule has 0 radical (unpaired) electrons. The fourth-order valence-corrected chi connectivity index (χ4v) is 1.58. The maximum Gasteiger partial charge on any atom is 0.292 e. The lowest BCUT2D eigenvalue weighted by atomic mass is 10.1. The quantitative estimate of drug-likeness (QED) is 0.476. The minimum atomic E-state index is -0.469. The summed E-state index contributed by atoms with van der Waals surface area (Å²) in [6.45, 7) is 9.16. The SMILES string of the molecule is CCOCCOC(=N[C@@H](C)C(C)C)NC(=O)c1cccc(F)c1. The van der Waals surface area contributed by atoms with E-state index in [-0.39, 0.29) is 24.2 Å². The van der Waals surface area contributed by atoms with Gasteiger partial charge in [-0.2, -0.15) is 0 Å². The van der Waals surface area contributed by atoms with E-state index in [1.807, 2.05) is 27.7 Å². The van der Waals surface area contributed by atoms with Crippen LogP contribution in [0, 0.1) is 11.7 Å². The van der Waals surface area contributed by atoms with E-state index in [4.69, 9.17) is 9.47 Å². The third-order valence-electron chi connectivity index (χ3n) is 3.26. The van der Waals surface area contributed by atoms with Gasteiger partial charge in [0.15, 0.2) is 0 Å². The number of carbonyl (C=O) groups is 1. The fraction of sp³-hybridized carbons (Fsp3) is 0.529. The molecular formula is C17H25FN2O3. The highest BCUT2D eigenvalue weighted by Crippen LogP contribution is 2.06. The summed E-state index contributed by atoms with van der Waals surface area (Å²) >= 11 is 0. The molecule has 5 nitrogen and oxygen atoms in total. The number of hydrogen-bond acceptors (Lipinski definition) is 4. The highest BCUT2D eigenvalue weighted by molar-refractivity contribution is 6.04. The first-order valence-corrected chi connectivity index (χ1v) is 7.79. The highest BCUT2D eigenvalue weighted by atomic mass is 19.1. The zero-order valence-electron chi connectivity index (χ0n) is 14.1. The van der Waals surface area contributed by atoms with E-state index in [9.17, 15) is 9.18 Å². The van der Waals surface area contributed by atoms with Crippen molar-refractivity contribution >= 4 is 11.9 Å². The molecule has 0 saturated heterocycles. The van der Waals surface area contributed by atoms with Gasteiger partial charge in [-0.15, -0.1) is 0 Å². The number of rotatable bonds is 7. The standard InChI is InChI=1S/C17H25FN2O3/c1-5-22-9-10-23-17(19-13(4)12(2)3)20-16(21)14-7-6-8-15(18)11-14/h6-8,11-13H,5,9-10H2,1-4H3,(H,19,20,21)/t13-/m0/s1. The Labute approximate surface area is 136 Å². The molecule has 0 aliphatic rings.